The first-order valence-electron chi connectivity index (χ1n) is 8.88. The minimum absolute atomic E-state index is 0.0976. The number of methoxy groups -OCH3 is 1. The smallest absolute Gasteiger partial charge is 0.237 e. The highest BCUT2D eigenvalue weighted by molar-refractivity contribution is 5.82. The van der Waals surface area contributed by atoms with Gasteiger partial charge in [-0.2, -0.15) is 0 Å². The molecule has 1 aliphatic heterocycles. The van der Waals surface area contributed by atoms with Crippen LogP contribution in [0.4, 0.5) is 0 Å². The van der Waals surface area contributed by atoms with Crippen molar-refractivity contribution in [3.63, 3.8) is 0 Å². The first-order chi connectivity index (χ1) is 12.2. The van der Waals surface area contributed by atoms with Gasteiger partial charge in [0.1, 0.15) is 11.6 Å². The second-order valence-corrected chi connectivity index (χ2v) is 6.34. The van der Waals surface area contributed by atoms with E-state index in [0.717, 1.165) is 55.1 Å². The zero-order valence-electron chi connectivity index (χ0n) is 14.9. The first kappa shape index (κ1) is 17.5. The maximum Gasteiger partial charge on any atom is 0.237 e. The summed E-state index contributed by atoms with van der Waals surface area (Å²) < 4.78 is 7.66. The fourth-order valence-electron chi connectivity index (χ4n) is 3.26. The van der Waals surface area contributed by atoms with Crippen LogP contribution in [0.15, 0.2) is 30.6 Å². The van der Waals surface area contributed by atoms with Gasteiger partial charge in [-0.1, -0.05) is 13.0 Å². The Morgan fingerprint density at radius 2 is 2.32 bits per heavy atom. The number of aryl methyl sites for hydroxylation is 1. The monoisotopic (exact) mass is 342 g/mol. The minimum Gasteiger partial charge on any atom is -0.496 e. The van der Waals surface area contributed by atoms with Gasteiger partial charge in [0.2, 0.25) is 5.91 Å². The summed E-state index contributed by atoms with van der Waals surface area (Å²) in [6.45, 7) is 4.28. The second-order valence-electron chi connectivity index (χ2n) is 6.34. The Hall–Kier alpha value is -2.34. The number of aromatic nitrogens is 2. The number of ether oxygens (including phenoxy) is 1. The third kappa shape index (κ3) is 4.20. The zero-order chi connectivity index (χ0) is 17.6. The standard InChI is InChI=1S/C19H26N4O2/c1-3-18-20-9-10-23(18)13-15-11-14(6-7-17(15)25-2)12-22-16-5-4-8-21-19(16)24/h6-7,9-11,16,22H,3-5,8,12-13H2,1-2H3,(H,21,24). The van der Waals surface area contributed by atoms with Gasteiger partial charge in [0.15, 0.2) is 0 Å². The lowest BCUT2D eigenvalue weighted by molar-refractivity contribution is -0.124. The van der Waals surface area contributed by atoms with Gasteiger partial charge in [-0.15, -0.1) is 0 Å². The van der Waals surface area contributed by atoms with E-state index in [1.807, 2.05) is 24.5 Å². The number of nitrogens with zero attached hydrogens (tertiary/aromatic N) is 2. The maximum atomic E-state index is 11.9. The van der Waals surface area contributed by atoms with Crippen molar-refractivity contribution in [1.29, 1.82) is 0 Å². The molecule has 1 aromatic heterocycles. The lowest BCUT2D eigenvalue weighted by Crippen LogP contribution is -2.47. The average molecular weight is 342 g/mol. The van der Waals surface area contributed by atoms with Crippen LogP contribution in [0.3, 0.4) is 0 Å². The Labute approximate surface area is 148 Å². The van der Waals surface area contributed by atoms with E-state index in [9.17, 15) is 4.79 Å². The predicted octanol–water partition coefficient (Wildman–Crippen LogP) is 1.87. The molecule has 0 bridgehead atoms. The number of amides is 1. The predicted molar refractivity (Wildman–Crippen MR) is 96.6 cm³/mol. The minimum atomic E-state index is -0.0976. The molecular formula is C19H26N4O2. The largest absolute Gasteiger partial charge is 0.496 e. The molecular weight excluding hydrogens is 316 g/mol. The van der Waals surface area contributed by atoms with Crippen LogP contribution in [0.25, 0.3) is 0 Å². The number of carbonyl (C=O) groups is 1. The van der Waals surface area contributed by atoms with Crippen molar-refractivity contribution in [3.8, 4) is 5.75 Å². The molecule has 0 saturated carbocycles. The van der Waals surface area contributed by atoms with E-state index in [1.165, 1.54) is 0 Å². The van der Waals surface area contributed by atoms with Gasteiger partial charge in [0.25, 0.3) is 0 Å². The number of imidazole rings is 1. The molecule has 1 fully saturated rings. The Bertz CT molecular complexity index is 726. The molecule has 2 aromatic rings. The van der Waals surface area contributed by atoms with Gasteiger partial charge in [0.05, 0.1) is 19.7 Å². The number of benzene rings is 1. The van der Waals surface area contributed by atoms with Crippen LogP contribution in [-0.2, 0) is 24.3 Å². The molecule has 1 saturated heterocycles. The van der Waals surface area contributed by atoms with Crippen molar-refractivity contribution in [2.45, 2.75) is 45.3 Å². The maximum absolute atomic E-state index is 11.9. The number of nitrogens with one attached hydrogen (secondary N) is 2. The highest BCUT2D eigenvalue weighted by Gasteiger charge is 2.21. The summed E-state index contributed by atoms with van der Waals surface area (Å²) in [7, 11) is 1.69. The van der Waals surface area contributed by atoms with Gasteiger partial charge in [-0.25, -0.2) is 4.98 Å². The Morgan fingerprint density at radius 1 is 1.44 bits per heavy atom. The van der Waals surface area contributed by atoms with E-state index in [-0.39, 0.29) is 11.9 Å². The van der Waals surface area contributed by atoms with E-state index in [0.29, 0.717) is 6.54 Å². The van der Waals surface area contributed by atoms with E-state index in [4.69, 9.17) is 4.74 Å². The molecule has 25 heavy (non-hydrogen) atoms. The molecule has 2 N–H and O–H groups in total. The highest BCUT2D eigenvalue weighted by atomic mass is 16.5. The Balaban J connectivity index is 1.72. The van der Waals surface area contributed by atoms with Gasteiger partial charge >= 0.3 is 0 Å². The summed E-state index contributed by atoms with van der Waals surface area (Å²) in [5.41, 5.74) is 2.26. The van der Waals surface area contributed by atoms with Crippen LogP contribution >= 0.6 is 0 Å². The number of hydrogen-bond acceptors (Lipinski definition) is 4. The van der Waals surface area contributed by atoms with Crippen molar-refractivity contribution < 1.29 is 9.53 Å². The molecule has 0 spiro atoms. The lowest BCUT2D eigenvalue weighted by Gasteiger charge is -2.23. The van der Waals surface area contributed by atoms with Crippen molar-refractivity contribution in [3.05, 3.63) is 47.5 Å². The molecule has 0 radical (unpaired) electrons. The molecule has 2 heterocycles. The van der Waals surface area contributed by atoms with Crippen molar-refractivity contribution in [2.75, 3.05) is 13.7 Å². The molecule has 1 amide bonds. The summed E-state index contributed by atoms with van der Waals surface area (Å²) in [5.74, 6) is 2.03. The number of piperidine rings is 1. The first-order valence-corrected chi connectivity index (χ1v) is 8.88. The molecule has 1 aromatic carbocycles. The number of carbonyl (C=O) groups excluding carboxylic acids is 1. The molecule has 3 rings (SSSR count). The molecule has 0 aliphatic carbocycles. The van der Waals surface area contributed by atoms with Crippen LogP contribution in [0, 0.1) is 0 Å². The molecule has 1 aliphatic rings. The van der Waals surface area contributed by atoms with Crippen LogP contribution in [0.5, 0.6) is 5.75 Å². The van der Waals surface area contributed by atoms with Crippen molar-refractivity contribution >= 4 is 5.91 Å². The molecule has 134 valence electrons. The quantitative estimate of drug-likeness (QED) is 0.806. The molecule has 6 nitrogen and oxygen atoms in total. The Kier molecular flexibility index (Phi) is 5.71. The highest BCUT2D eigenvalue weighted by Crippen LogP contribution is 2.22. The van der Waals surface area contributed by atoms with Crippen molar-refractivity contribution in [1.82, 2.24) is 20.2 Å². The third-order valence-electron chi connectivity index (χ3n) is 4.64. The molecule has 1 atom stereocenters. The van der Waals surface area contributed by atoms with Crippen LogP contribution in [-0.4, -0.2) is 35.2 Å². The van der Waals surface area contributed by atoms with Crippen LogP contribution < -0.4 is 15.4 Å². The van der Waals surface area contributed by atoms with E-state index < -0.39 is 0 Å². The second kappa shape index (κ2) is 8.16. The van der Waals surface area contributed by atoms with E-state index in [2.05, 4.69) is 33.2 Å². The molecule has 1 unspecified atom stereocenters. The fraction of sp³-hybridized carbons (Fsp3) is 0.474. The van der Waals surface area contributed by atoms with Crippen LogP contribution in [0.2, 0.25) is 0 Å². The van der Waals surface area contributed by atoms with Crippen LogP contribution in [0.1, 0.15) is 36.7 Å². The van der Waals surface area contributed by atoms with Gasteiger partial charge in [-0.3, -0.25) is 4.79 Å². The Morgan fingerprint density at radius 3 is 3.08 bits per heavy atom. The third-order valence-corrected chi connectivity index (χ3v) is 4.64. The average Bonchev–Trinajstić information content (AvgIpc) is 3.08. The normalized spacial score (nSPS) is 17.4. The summed E-state index contributed by atoms with van der Waals surface area (Å²) in [5, 5.41) is 6.27. The zero-order valence-corrected chi connectivity index (χ0v) is 14.9. The lowest BCUT2D eigenvalue weighted by atomic mass is 10.1. The summed E-state index contributed by atoms with van der Waals surface area (Å²) in [4.78, 5) is 16.2. The molecule has 6 heteroatoms. The van der Waals surface area contributed by atoms with Gasteiger partial charge < -0.3 is 19.9 Å². The summed E-state index contributed by atoms with van der Waals surface area (Å²) in [6.07, 6.45) is 6.64. The fourth-order valence-corrected chi connectivity index (χ4v) is 3.26. The number of rotatable bonds is 7. The van der Waals surface area contributed by atoms with Gasteiger partial charge in [-0.05, 0) is 30.5 Å². The number of hydrogen-bond donors (Lipinski definition) is 2. The van der Waals surface area contributed by atoms with E-state index in [1.54, 1.807) is 7.11 Å². The van der Waals surface area contributed by atoms with Gasteiger partial charge in [0, 0.05) is 37.5 Å². The summed E-state index contributed by atoms with van der Waals surface area (Å²) in [6, 6.07) is 6.09. The summed E-state index contributed by atoms with van der Waals surface area (Å²) >= 11 is 0. The van der Waals surface area contributed by atoms with Crippen molar-refractivity contribution in [2.24, 2.45) is 0 Å². The van der Waals surface area contributed by atoms with E-state index >= 15 is 0 Å². The SMILES string of the molecule is CCc1nccn1Cc1cc(CNC2CCCNC2=O)ccc1OC. The topological polar surface area (TPSA) is 68.2 Å².